The summed E-state index contributed by atoms with van der Waals surface area (Å²) in [4.78, 5) is 21.5. The zero-order valence-corrected chi connectivity index (χ0v) is 13.1. The number of carbonyl (C=O) groups excluding carboxylic acids is 1. The van der Waals surface area contributed by atoms with E-state index in [9.17, 15) is 4.79 Å². The van der Waals surface area contributed by atoms with Crippen LogP contribution >= 0.6 is 0 Å². The lowest BCUT2D eigenvalue weighted by Gasteiger charge is -2.19. The molecule has 0 aliphatic heterocycles. The molecule has 0 aliphatic carbocycles. The van der Waals surface area contributed by atoms with Crippen LogP contribution in [-0.4, -0.2) is 27.0 Å². The molecule has 1 unspecified atom stereocenters. The Labute approximate surface area is 135 Å². The van der Waals surface area contributed by atoms with Gasteiger partial charge in [0.05, 0.1) is 6.33 Å². The Bertz CT molecular complexity index is 782. The Morgan fingerprint density at radius 2 is 2.00 bits per heavy atom. The van der Waals surface area contributed by atoms with Gasteiger partial charge in [0, 0.05) is 12.7 Å². The highest BCUT2D eigenvalue weighted by molar-refractivity contribution is 5.85. The number of benzene rings is 1. The molecule has 23 heavy (non-hydrogen) atoms. The summed E-state index contributed by atoms with van der Waals surface area (Å²) < 4.78 is 1.84. The van der Waals surface area contributed by atoms with E-state index in [0.29, 0.717) is 12.2 Å². The summed E-state index contributed by atoms with van der Waals surface area (Å²) in [7, 11) is 0. The van der Waals surface area contributed by atoms with E-state index in [0.717, 1.165) is 23.9 Å². The van der Waals surface area contributed by atoms with Gasteiger partial charge in [-0.1, -0.05) is 43.7 Å². The van der Waals surface area contributed by atoms with Crippen LogP contribution in [0.4, 0.5) is 0 Å². The molecule has 0 bridgehead atoms. The van der Waals surface area contributed by atoms with Crippen LogP contribution in [-0.2, 0) is 4.79 Å². The molecule has 118 valence electrons. The minimum atomic E-state index is -0.465. The molecule has 1 aromatic carbocycles. The molecule has 0 spiro atoms. The molecular formula is C18H20N4O. The molecule has 0 radical (unpaired) electrons. The van der Waals surface area contributed by atoms with Crippen LogP contribution in [0.2, 0.25) is 0 Å². The standard InChI is InChI=1S/C18H20N4O/c1-2-3-11-20-18(23)16(14-8-5-4-6-9-14)22-13-21-15-10-7-12-19-17(15)22/h4-10,12-13,16H,2-3,11H2,1H3,(H,20,23). The van der Waals surface area contributed by atoms with E-state index in [4.69, 9.17) is 0 Å². The van der Waals surface area contributed by atoms with Crippen LogP contribution < -0.4 is 5.32 Å². The van der Waals surface area contributed by atoms with Gasteiger partial charge in [0.25, 0.3) is 0 Å². The van der Waals surface area contributed by atoms with Crippen LogP contribution in [0, 0.1) is 0 Å². The van der Waals surface area contributed by atoms with Gasteiger partial charge >= 0.3 is 0 Å². The second-order valence-electron chi connectivity index (χ2n) is 5.46. The predicted molar refractivity (Wildman–Crippen MR) is 90.0 cm³/mol. The van der Waals surface area contributed by atoms with Crippen LogP contribution in [0.5, 0.6) is 0 Å². The van der Waals surface area contributed by atoms with Crippen molar-refractivity contribution in [3.05, 3.63) is 60.6 Å². The lowest BCUT2D eigenvalue weighted by atomic mass is 10.1. The summed E-state index contributed by atoms with van der Waals surface area (Å²) in [6, 6.07) is 13.0. The second-order valence-corrected chi connectivity index (χ2v) is 5.46. The Balaban J connectivity index is 2.00. The summed E-state index contributed by atoms with van der Waals surface area (Å²) in [5, 5.41) is 3.02. The van der Waals surface area contributed by atoms with Gasteiger partial charge < -0.3 is 5.32 Å². The number of carbonyl (C=O) groups is 1. The first kappa shape index (κ1) is 15.2. The second kappa shape index (κ2) is 7.05. The fourth-order valence-electron chi connectivity index (χ4n) is 2.61. The van der Waals surface area contributed by atoms with Crippen LogP contribution in [0.1, 0.15) is 31.4 Å². The third-order valence-electron chi connectivity index (χ3n) is 3.80. The van der Waals surface area contributed by atoms with E-state index in [1.165, 1.54) is 0 Å². The average molecular weight is 308 g/mol. The van der Waals surface area contributed by atoms with E-state index in [-0.39, 0.29) is 5.91 Å². The van der Waals surface area contributed by atoms with Crippen molar-refractivity contribution in [3.8, 4) is 0 Å². The van der Waals surface area contributed by atoms with E-state index < -0.39 is 6.04 Å². The highest BCUT2D eigenvalue weighted by atomic mass is 16.2. The molecule has 2 aromatic heterocycles. The number of aromatic nitrogens is 3. The minimum Gasteiger partial charge on any atom is -0.354 e. The predicted octanol–water partition coefficient (Wildman–Crippen LogP) is 2.94. The van der Waals surface area contributed by atoms with Crippen LogP contribution in [0.15, 0.2) is 55.0 Å². The Kier molecular flexibility index (Phi) is 4.66. The van der Waals surface area contributed by atoms with Gasteiger partial charge in [-0.3, -0.25) is 9.36 Å². The van der Waals surface area contributed by atoms with Gasteiger partial charge in [-0.2, -0.15) is 0 Å². The lowest BCUT2D eigenvalue weighted by Crippen LogP contribution is -2.33. The van der Waals surface area contributed by atoms with Gasteiger partial charge in [-0.05, 0) is 24.1 Å². The van der Waals surface area contributed by atoms with Gasteiger partial charge in [0.2, 0.25) is 5.91 Å². The highest BCUT2D eigenvalue weighted by Gasteiger charge is 2.24. The van der Waals surface area contributed by atoms with Crippen molar-refractivity contribution in [2.75, 3.05) is 6.54 Å². The van der Waals surface area contributed by atoms with Crippen molar-refractivity contribution < 1.29 is 4.79 Å². The normalized spacial score (nSPS) is 12.2. The Morgan fingerprint density at radius 3 is 2.78 bits per heavy atom. The number of nitrogens with one attached hydrogen (secondary N) is 1. The van der Waals surface area contributed by atoms with Crippen molar-refractivity contribution in [1.82, 2.24) is 19.9 Å². The molecule has 1 atom stereocenters. The fourth-order valence-corrected chi connectivity index (χ4v) is 2.61. The quantitative estimate of drug-likeness (QED) is 0.712. The molecule has 5 heteroatoms. The molecule has 3 rings (SSSR count). The van der Waals surface area contributed by atoms with E-state index >= 15 is 0 Å². The number of fused-ring (bicyclic) bond motifs is 1. The van der Waals surface area contributed by atoms with Crippen molar-refractivity contribution >= 4 is 17.1 Å². The Morgan fingerprint density at radius 1 is 1.17 bits per heavy atom. The molecule has 1 N–H and O–H groups in total. The highest BCUT2D eigenvalue weighted by Crippen LogP contribution is 2.22. The van der Waals surface area contributed by atoms with Gasteiger partial charge in [0.1, 0.15) is 11.6 Å². The SMILES string of the molecule is CCCCNC(=O)C(c1ccccc1)n1cnc2cccnc21. The molecule has 0 saturated carbocycles. The molecule has 0 aliphatic rings. The van der Waals surface area contributed by atoms with E-state index in [2.05, 4.69) is 22.2 Å². The number of hydrogen-bond acceptors (Lipinski definition) is 3. The van der Waals surface area contributed by atoms with Gasteiger partial charge in [-0.25, -0.2) is 9.97 Å². The molecular weight excluding hydrogens is 288 g/mol. The minimum absolute atomic E-state index is 0.0328. The summed E-state index contributed by atoms with van der Waals surface area (Å²) in [6.07, 6.45) is 5.42. The zero-order chi connectivity index (χ0) is 16.1. The van der Waals surface area contributed by atoms with Gasteiger partial charge in [0.15, 0.2) is 5.65 Å². The zero-order valence-electron chi connectivity index (χ0n) is 13.1. The molecule has 3 aromatic rings. The van der Waals surface area contributed by atoms with Gasteiger partial charge in [-0.15, -0.1) is 0 Å². The molecule has 0 saturated heterocycles. The molecule has 2 heterocycles. The topological polar surface area (TPSA) is 59.8 Å². The summed E-state index contributed by atoms with van der Waals surface area (Å²) in [5.41, 5.74) is 2.42. The summed E-state index contributed by atoms with van der Waals surface area (Å²) >= 11 is 0. The van der Waals surface area contributed by atoms with Crippen LogP contribution in [0.25, 0.3) is 11.2 Å². The van der Waals surface area contributed by atoms with Crippen molar-refractivity contribution in [1.29, 1.82) is 0 Å². The maximum Gasteiger partial charge on any atom is 0.247 e. The third kappa shape index (κ3) is 3.23. The first-order valence-electron chi connectivity index (χ1n) is 7.91. The first-order chi connectivity index (χ1) is 11.3. The number of rotatable bonds is 6. The maximum atomic E-state index is 12.8. The molecule has 1 amide bonds. The largest absolute Gasteiger partial charge is 0.354 e. The number of imidazole rings is 1. The molecule has 0 fully saturated rings. The number of hydrogen-bond donors (Lipinski definition) is 1. The average Bonchev–Trinajstić information content (AvgIpc) is 3.00. The van der Waals surface area contributed by atoms with E-state index in [1.807, 2.05) is 47.0 Å². The maximum absolute atomic E-state index is 12.8. The molecule has 5 nitrogen and oxygen atoms in total. The number of pyridine rings is 1. The van der Waals surface area contributed by atoms with E-state index in [1.54, 1.807) is 12.5 Å². The third-order valence-corrected chi connectivity index (χ3v) is 3.80. The van der Waals surface area contributed by atoms with Crippen molar-refractivity contribution in [2.24, 2.45) is 0 Å². The van der Waals surface area contributed by atoms with Crippen molar-refractivity contribution in [3.63, 3.8) is 0 Å². The number of nitrogens with zero attached hydrogens (tertiary/aromatic N) is 3. The summed E-state index contributed by atoms with van der Waals surface area (Å²) in [5.74, 6) is -0.0328. The smallest absolute Gasteiger partial charge is 0.247 e. The van der Waals surface area contributed by atoms with Crippen LogP contribution in [0.3, 0.4) is 0 Å². The van der Waals surface area contributed by atoms with Crippen molar-refractivity contribution in [2.45, 2.75) is 25.8 Å². The Hall–Kier alpha value is -2.69. The lowest BCUT2D eigenvalue weighted by molar-refractivity contribution is -0.123. The number of unbranched alkanes of at least 4 members (excludes halogenated alkanes) is 1. The first-order valence-corrected chi connectivity index (χ1v) is 7.91. The summed E-state index contributed by atoms with van der Waals surface area (Å²) in [6.45, 7) is 2.78. The monoisotopic (exact) mass is 308 g/mol. The fraction of sp³-hybridized carbons (Fsp3) is 0.278. The number of amides is 1.